The first-order valence-electron chi connectivity index (χ1n) is 3.10. The molecule has 2 heteroatoms. The first-order chi connectivity index (χ1) is 4.43. The second-order valence-corrected chi connectivity index (χ2v) is 2.97. The second-order valence-electron chi connectivity index (χ2n) is 1.93. The fourth-order valence-electron chi connectivity index (χ4n) is 0.703. The standard InChI is InChI=1S/C7H11NS.H2/c1-8-5-4-7-3-2-6-9-7;/h2-3,6,8H,4-5H2,1H3;1H. The van der Waals surface area contributed by atoms with Crippen LogP contribution in [0.5, 0.6) is 0 Å². The minimum absolute atomic E-state index is 0. The van der Waals surface area contributed by atoms with Crippen LogP contribution in [0.15, 0.2) is 17.5 Å². The van der Waals surface area contributed by atoms with Crippen LogP contribution >= 0.6 is 11.3 Å². The zero-order valence-electron chi connectivity index (χ0n) is 5.55. The molecule has 0 aliphatic heterocycles. The van der Waals surface area contributed by atoms with Gasteiger partial charge < -0.3 is 5.32 Å². The van der Waals surface area contributed by atoms with Gasteiger partial charge in [0.05, 0.1) is 0 Å². The van der Waals surface area contributed by atoms with E-state index in [0.29, 0.717) is 0 Å². The van der Waals surface area contributed by atoms with Crippen molar-refractivity contribution >= 4 is 11.3 Å². The van der Waals surface area contributed by atoms with E-state index in [9.17, 15) is 0 Å². The molecule has 1 aromatic rings. The lowest BCUT2D eigenvalue weighted by Gasteiger charge is -1.92. The van der Waals surface area contributed by atoms with E-state index in [4.69, 9.17) is 0 Å². The van der Waals surface area contributed by atoms with Gasteiger partial charge in [0.1, 0.15) is 0 Å². The first kappa shape index (κ1) is 6.78. The van der Waals surface area contributed by atoms with Gasteiger partial charge in [-0.2, -0.15) is 0 Å². The number of likely N-dealkylation sites (N-methyl/N-ethyl adjacent to an activating group) is 1. The summed E-state index contributed by atoms with van der Waals surface area (Å²) in [6, 6.07) is 4.26. The van der Waals surface area contributed by atoms with Crippen molar-refractivity contribution in [3.05, 3.63) is 22.4 Å². The number of hydrogen-bond acceptors (Lipinski definition) is 2. The van der Waals surface area contributed by atoms with E-state index in [1.165, 1.54) is 4.88 Å². The number of rotatable bonds is 3. The predicted molar refractivity (Wildman–Crippen MR) is 44.1 cm³/mol. The molecule has 1 aromatic heterocycles. The third-order valence-electron chi connectivity index (χ3n) is 1.20. The third kappa shape index (κ3) is 2.16. The van der Waals surface area contributed by atoms with Gasteiger partial charge in [-0.05, 0) is 31.5 Å². The third-order valence-corrected chi connectivity index (χ3v) is 2.14. The van der Waals surface area contributed by atoms with E-state index in [0.717, 1.165) is 13.0 Å². The molecule has 1 N–H and O–H groups in total. The Morgan fingerprint density at radius 2 is 2.67 bits per heavy atom. The Balaban J connectivity index is 0.000000810. The minimum Gasteiger partial charge on any atom is -0.319 e. The van der Waals surface area contributed by atoms with Crippen LogP contribution in [0.4, 0.5) is 0 Å². The van der Waals surface area contributed by atoms with Gasteiger partial charge in [-0.25, -0.2) is 0 Å². The maximum Gasteiger partial charge on any atom is 0.00578 e. The van der Waals surface area contributed by atoms with Gasteiger partial charge in [0.2, 0.25) is 0 Å². The average molecular weight is 143 g/mol. The van der Waals surface area contributed by atoms with Crippen LogP contribution in [0.1, 0.15) is 6.30 Å². The van der Waals surface area contributed by atoms with Crippen LogP contribution < -0.4 is 5.32 Å². The Morgan fingerprint density at radius 3 is 3.22 bits per heavy atom. The van der Waals surface area contributed by atoms with Crippen molar-refractivity contribution in [2.24, 2.45) is 0 Å². The minimum atomic E-state index is 0. The quantitative estimate of drug-likeness (QED) is 0.680. The Kier molecular flexibility index (Phi) is 2.74. The van der Waals surface area contributed by atoms with Gasteiger partial charge in [0, 0.05) is 6.30 Å². The molecule has 0 fully saturated rings. The zero-order valence-corrected chi connectivity index (χ0v) is 6.37. The number of nitrogens with one attached hydrogen (secondary N) is 1. The maximum absolute atomic E-state index is 3.11. The summed E-state index contributed by atoms with van der Waals surface area (Å²) >= 11 is 1.82. The Bertz CT molecular complexity index is 151. The maximum atomic E-state index is 3.11. The van der Waals surface area contributed by atoms with Gasteiger partial charge in [-0.3, -0.25) is 0 Å². The summed E-state index contributed by atoms with van der Waals surface area (Å²) < 4.78 is 0. The lowest BCUT2D eigenvalue weighted by Crippen LogP contribution is -2.09. The fraction of sp³-hybridized carbons (Fsp3) is 0.429. The summed E-state index contributed by atoms with van der Waals surface area (Å²) in [5.74, 6) is 0. The van der Waals surface area contributed by atoms with Crippen LogP contribution in [0.2, 0.25) is 0 Å². The molecule has 0 unspecified atom stereocenters. The van der Waals surface area contributed by atoms with Crippen molar-refractivity contribution < 1.29 is 1.43 Å². The summed E-state index contributed by atoms with van der Waals surface area (Å²) in [6.07, 6.45) is 1.16. The van der Waals surface area contributed by atoms with Crippen molar-refractivity contribution in [1.29, 1.82) is 0 Å². The van der Waals surface area contributed by atoms with Crippen LogP contribution in [0, 0.1) is 0 Å². The fourth-order valence-corrected chi connectivity index (χ4v) is 1.41. The Hall–Kier alpha value is -0.340. The highest BCUT2D eigenvalue weighted by Gasteiger charge is 1.89. The van der Waals surface area contributed by atoms with Crippen LogP contribution in [-0.4, -0.2) is 13.6 Å². The summed E-state index contributed by atoms with van der Waals surface area (Å²) in [7, 11) is 1.98. The first-order valence-corrected chi connectivity index (χ1v) is 3.98. The van der Waals surface area contributed by atoms with E-state index in [1.807, 2.05) is 18.4 Å². The van der Waals surface area contributed by atoms with Crippen molar-refractivity contribution in [2.45, 2.75) is 6.42 Å². The van der Waals surface area contributed by atoms with Gasteiger partial charge in [-0.15, -0.1) is 11.3 Å². The van der Waals surface area contributed by atoms with E-state index in [2.05, 4.69) is 22.8 Å². The Labute approximate surface area is 61.2 Å². The molecule has 0 atom stereocenters. The van der Waals surface area contributed by atoms with Gasteiger partial charge in [0.15, 0.2) is 0 Å². The molecule has 0 spiro atoms. The van der Waals surface area contributed by atoms with E-state index < -0.39 is 0 Å². The molecule has 0 aliphatic carbocycles. The van der Waals surface area contributed by atoms with Gasteiger partial charge >= 0.3 is 0 Å². The molecule has 0 bridgehead atoms. The smallest absolute Gasteiger partial charge is 0.00578 e. The monoisotopic (exact) mass is 143 g/mol. The molecule has 0 aliphatic rings. The van der Waals surface area contributed by atoms with Crippen molar-refractivity contribution in [3.63, 3.8) is 0 Å². The van der Waals surface area contributed by atoms with Crippen molar-refractivity contribution in [1.82, 2.24) is 5.32 Å². The lowest BCUT2D eigenvalue weighted by atomic mass is 10.3. The summed E-state index contributed by atoms with van der Waals surface area (Å²) in [5, 5.41) is 5.23. The van der Waals surface area contributed by atoms with Crippen molar-refractivity contribution in [3.8, 4) is 0 Å². The highest BCUT2D eigenvalue weighted by Crippen LogP contribution is 2.07. The zero-order chi connectivity index (χ0) is 6.53. The molecular weight excluding hydrogens is 130 g/mol. The average Bonchev–Trinajstić information content (AvgIpc) is 2.34. The van der Waals surface area contributed by atoms with Crippen molar-refractivity contribution in [2.75, 3.05) is 13.6 Å². The van der Waals surface area contributed by atoms with Gasteiger partial charge in [0.25, 0.3) is 0 Å². The largest absolute Gasteiger partial charge is 0.319 e. The molecule has 1 heterocycles. The second kappa shape index (κ2) is 3.64. The van der Waals surface area contributed by atoms with E-state index in [1.54, 1.807) is 0 Å². The van der Waals surface area contributed by atoms with Crippen LogP contribution in [0.25, 0.3) is 0 Å². The molecule has 1 nitrogen and oxygen atoms in total. The van der Waals surface area contributed by atoms with Crippen LogP contribution in [0.3, 0.4) is 0 Å². The molecule has 0 radical (unpaired) electrons. The van der Waals surface area contributed by atoms with E-state index in [-0.39, 0.29) is 1.43 Å². The molecule has 0 aromatic carbocycles. The molecule has 0 amide bonds. The van der Waals surface area contributed by atoms with Crippen LogP contribution in [-0.2, 0) is 6.42 Å². The van der Waals surface area contributed by atoms with E-state index >= 15 is 0 Å². The Morgan fingerprint density at radius 1 is 1.78 bits per heavy atom. The SMILES string of the molecule is CNCCc1cccs1.[HH]. The highest BCUT2D eigenvalue weighted by atomic mass is 32.1. The molecule has 0 saturated carbocycles. The van der Waals surface area contributed by atoms with Gasteiger partial charge in [-0.1, -0.05) is 6.07 Å². The summed E-state index contributed by atoms with van der Waals surface area (Å²) in [5.41, 5.74) is 0. The lowest BCUT2D eigenvalue weighted by molar-refractivity contribution is 0.799. The highest BCUT2D eigenvalue weighted by molar-refractivity contribution is 7.09. The predicted octanol–water partition coefficient (Wildman–Crippen LogP) is 1.76. The summed E-state index contributed by atoms with van der Waals surface area (Å²) in [6.45, 7) is 1.08. The molecule has 9 heavy (non-hydrogen) atoms. The topological polar surface area (TPSA) is 12.0 Å². The summed E-state index contributed by atoms with van der Waals surface area (Å²) in [4.78, 5) is 1.46. The molecule has 52 valence electrons. The number of hydrogen-bond donors (Lipinski definition) is 1. The normalized spacial score (nSPS) is 9.89. The number of thiophene rings is 1. The molecule has 1 rings (SSSR count). The molecular formula is C7H13NS. The molecule has 0 saturated heterocycles.